The van der Waals surface area contributed by atoms with Gasteiger partial charge in [0.15, 0.2) is 0 Å². The van der Waals surface area contributed by atoms with Crippen molar-refractivity contribution >= 4 is 12.0 Å². The van der Waals surface area contributed by atoms with E-state index in [0.717, 1.165) is 32.1 Å². The van der Waals surface area contributed by atoms with Gasteiger partial charge in [0, 0.05) is 6.54 Å². The van der Waals surface area contributed by atoms with Gasteiger partial charge < -0.3 is 15.4 Å². The first-order valence-corrected chi connectivity index (χ1v) is 7.99. The lowest BCUT2D eigenvalue weighted by Gasteiger charge is -2.30. The van der Waals surface area contributed by atoms with Crippen molar-refractivity contribution in [2.24, 2.45) is 5.92 Å². The number of benzene rings is 1. The normalized spacial score (nSPS) is 27.5. The summed E-state index contributed by atoms with van der Waals surface area (Å²) in [6.07, 6.45) is 4.58. The Morgan fingerprint density at radius 2 is 1.91 bits per heavy atom. The van der Waals surface area contributed by atoms with Crippen molar-refractivity contribution in [2.75, 3.05) is 6.54 Å². The molecule has 2 N–H and O–H groups in total. The molecule has 1 aromatic carbocycles. The highest BCUT2D eigenvalue weighted by Gasteiger charge is 2.31. The number of hydrogen-bond donors (Lipinski definition) is 2. The van der Waals surface area contributed by atoms with Crippen LogP contribution in [0, 0.1) is 5.92 Å². The van der Waals surface area contributed by atoms with E-state index in [1.165, 1.54) is 5.56 Å². The van der Waals surface area contributed by atoms with E-state index in [4.69, 9.17) is 4.74 Å². The number of rotatable bonds is 4. The van der Waals surface area contributed by atoms with Crippen molar-refractivity contribution < 1.29 is 14.3 Å². The number of alkyl carbamates (subject to hydrolysis) is 1. The van der Waals surface area contributed by atoms with Crippen LogP contribution in [0.4, 0.5) is 4.79 Å². The van der Waals surface area contributed by atoms with E-state index >= 15 is 0 Å². The molecule has 1 saturated heterocycles. The number of ether oxygens (including phenoxy) is 1. The summed E-state index contributed by atoms with van der Waals surface area (Å²) in [5.41, 5.74) is 1.38. The SMILES string of the molecule is O=C(N[C@H]1CNC1=O)OC1CCC(Cc2ccccc2)CC1. The highest BCUT2D eigenvalue weighted by molar-refractivity contribution is 5.90. The molecule has 2 fully saturated rings. The van der Waals surface area contributed by atoms with Crippen LogP contribution in [0.25, 0.3) is 0 Å². The van der Waals surface area contributed by atoms with Gasteiger partial charge >= 0.3 is 6.09 Å². The number of hydrogen-bond acceptors (Lipinski definition) is 3. The Morgan fingerprint density at radius 1 is 1.18 bits per heavy atom. The van der Waals surface area contributed by atoms with Gasteiger partial charge in [0.2, 0.25) is 5.91 Å². The maximum absolute atomic E-state index is 11.7. The summed E-state index contributed by atoms with van der Waals surface area (Å²) >= 11 is 0. The largest absolute Gasteiger partial charge is 0.446 e. The van der Waals surface area contributed by atoms with Gasteiger partial charge in [0.05, 0.1) is 0 Å². The van der Waals surface area contributed by atoms with Crippen molar-refractivity contribution in [1.29, 1.82) is 0 Å². The van der Waals surface area contributed by atoms with Crippen LogP contribution in [0.15, 0.2) is 30.3 Å². The Morgan fingerprint density at radius 3 is 2.50 bits per heavy atom. The van der Waals surface area contributed by atoms with Crippen LogP contribution in [0.5, 0.6) is 0 Å². The average Bonchev–Trinajstić information content (AvgIpc) is 2.54. The topological polar surface area (TPSA) is 67.4 Å². The van der Waals surface area contributed by atoms with E-state index in [1.54, 1.807) is 0 Å². The molecule has 1 aliphatic heterocycles. The van der Waals surface area contributed by atoms with Crippen LogP contribution < -0.4 is 10.6 Å². The van der Waals surface area contributed by atoms with Gasteiger partial charge in [0.25, 0.3) is 0 Å². The summed E-state index contributed by atoms with van der Waals surface area (Å²) in [5.74, 6) is 0.534. The summed E-state index contributed by atoms with van der Waals surface area (Å²) < 4.78 is 5.41. The molecule has 2 aliphatic rings. The minimum Gasteiger partial charge on any atom is -0.446 e. The predicted molar refractivity (Wildman–Crippen MR) is 82.3 cm³/mol. The van der Waals surface area contributed by atoms with E-state index < -0.39 is 12.1 Å². The zero-order chi connectivity index (χ0) is 15.4. The standard InChI is InChI=1S/C17H22N2O3/c20-16-15(11-18-16)19-17(21)22-14-8-6-13(7-9-14)10-12-4-2-1-3-5-12/h1-5,13-15H,6-11H2,(H,18,20)(H,19,21)/t13?,14?,15-/m0/s1. The Hall–Kier alpha value is -2.04. The van der Waals surface area contributed by atoms with Crippen LogP contribution in [0.3, 0.4) is 0 Å². The summed E-state index contributed by atoms with van der Waals surface area (Å²) in [7, 11) is 0. The molecular weight excluding hydrogens is 280 g/mol. The zero-order valence-electron chi connectivity index (χ0n) is 12.6. The molecule has 0 aromatic heterocycles. The molecule has 2 amide bonds. The number of carbonyl (C=O) groups excluding carboxylic acids is 2. The maximum Gasteiger partial charge on any atom is 0.408 e. The van der Waals surface area contributed by atoms with Crippen molar-refractivity contribution in [2.45, 2.75) is 44.2 Å². The molecule has 1 atom stereocenters. The van der Waals surface area contributed by atoms with Crippen molar-refractivity contribution in [1.82, 2.24) is 10.6 Å². The Kier molecular flexibility index (Phi) is 4.61. The fraction of sp³-hybridized carbons (Fsp3) is 0.529. The Balaban J connectivity index is 1.38. The number of β-lactam (4-membered cyclic amide) rings is 1. The minimum atomic E-state index is -0.466. The molecule has 5 heteroatoms. The Bertz CT molecular complexity index is 524. The monoisotopic (exact) mass is 302 g/mol. The first-order chi connectivity index (χ1) is 10.7. The number of amides is 2. The molecular formula is C17H22N2O3. The van der Waals surface area contributed by atoms with E-state index in [0.29, 0.717) is 12.5 Å². The highest BCUT2D eigenvalue weighted by Crippen LogP contribution is 2.29. The number of carbonyl (C=O) groups is 2. The molecule has 1 aromatic rings. The third-order valence-corrected chi connectivity index (χ3v) is 4.52. The fourth-order valence-electron chi connectivity index (χ4n) is 3.13. The smallest absolute Gasteiger partial charge is 0.408 e. The van der Waals surface area contributed by atoms with Gasteiger partial charge in [-0.1, -0.05) is 30.3 Å². The van der Waals surface area contributed by atoms with Crippen LogP contribution in [-0.2, 0) is 16.0 Å². The molecule has 118 valence electrons. The second kappa shape index (κ2) is 6.81. The van der Waals surface area contributed by atoms with Gasteiger partial charge in [-0.15, -0.1) is 0 Å². The minimum absolute atomic E-state index is 0.0184. The molecule has 0 bridgehead atoms. The van der Waals surface area contributed by atoms with Crippen LogP contribution in [0.2, 0.25) is 0 Å². The third kappa shape index (κ3) is 3.78. The van der Waals surface area contributed by atoms with Crippen LogP contribution in [0.1, 0.15) is 31.2 Å². The summed E-state index contributed by atoms with van der Waals surface area (Å²) in [6, 6.07) is 10.1. The lowest BCUT2D eigenvalue weighted by molar-refractivity contribution is -0.128. The van der Waals surface area contributed by atoms with Crippen molar-refractivity contribution in [3.8, 4) is 0 Å². The third-order valence-electron chi connectivity index (χ3n) is 4.52. The summed E-state index contributed by atoms with van der Waals surface area (Å²) in [4.78, 5) is 22.8. The maximum atomic E-state index is 11.7. The predicted octanol–water partition coefficient (Wildman–Crippen LogP) is 2.01. The quantitative estimate of drug-likeness (QED) is 0.836. The highest BCUT2D eigenvalue weighted by atomic mass is 16.6. The second-order valence-corrected chi connectivity index (χ2v) is 6.18. The molecule has 0 spiro atoms. The molecule has 1 saturated carbocycles. The Labute approximate surface area is 130 Å². The van der Waals surface area contributed by atoms with Crippen molar-refractivity contribution in [3.05, 3.63) is 35.9 Å². The van der Waals surface area contributed by atoms with Crippen molar-refractivity contribution in [3.63, 3.8) is 0 Å². The van der Waals surface area contributed by atoms with Gasteiger partial charge in [-0.05, 0) is 43.6 Å². The fourth-order valence-corrected chi connectivity index (χ4v) is 3.13. The lowest BCUT2D eigenvalue weighted by Crippen LogP contribution is -2.62. The lowest BCUT2D eigenvalue weighted by atomic mass is 9.83. The molecule has 1 heterocycles. The van der Waals surface area contributed by atoms with Crippen LogP contribution in [-0.4, -0.2) is 30.7 Å². The molecule has 3 rings (SSSR count). The molecule has 1 aliphatic carbocycles. The van der Waals surface area contributed by atoms with Gasteiger partial charge in [-0.2, -0.15) is 0 Å². The second-order valence-electron chi connectivity index (χ2n) is 6.18. The average molecular weight is 302 g/mol. The van der Waals surface area contributed by atoms with E-state index in [-0.39, 0.29) is 12.0 Å². The van der Waals surface area contributed by atoms with Gasteiger partial charge in [0.1, 0.15) is 12.1 Å². The van der Waals surface area contributed by atoms with Gasteiger partial charge in [-0.3, -0.25) is 4.79 Å². The van der Waals surface area contributed by atoms with Gasteiger partial charge in [-0.25, -0.2) is 4.79 Å². The van der Waals surface area contributed by atoms with E-state index in [2.05, 4.69) is 34.9 Å². The molecule has 22 heavy (non-hydrogen) atoms. The first-order valence-electron chi connectivity index (χ1n) is 7.99. The van der Waals surface area contributed by atoms with E-state index in [9.17, 15) is 9.59 Å². The molecule has 5 nitrogen and oxygen atoms in total. The van der Waals surface area contributed by atoms with E-state index in [1.807, 2.05) is 6.07 Å². The summed E-state index contributed by atoms with van der Waals surface area (Å²) in [5, 5.41) is 5.18. The molecule has 0 unspecified atom stereocenters. The molecule has 0 radical (unpaired) electrons. The first kappa shape index (κ1) is 14.9. The zero-order valence-corrected chi connectivity index (χ0v) is 12.6. The number of nitrogens with one attached hydrogen (secondary N) is 2. The van der Waals surface area contributed by atoms with Crippen LogP contribution >= 0.6 is 0 Å². The summed E-state index contributed by atoms with van der Waals surface area (Å²) in [6.45, 7) is 0.498.